The maximum atomic E-state index is 12.6. The number of nitrogens with one attached hydrogen (secondary N) is 2. The van der Waals surface area contributed by atoms with Gasteiger partial charge in [0.1, 0.15) is 0 Å². The molecule has 27 heavy (non-hydrogen) atoms. The molecule has 0 aromatic heterocycles. The maximum absolute atomic E-state index is 12.6. The van der Waals surface area contributed by atoms with Crippen LogP contribution >= 0.6 is 0 Å². The van der Waals surface area contributed by atoms with Crippen molar-refractivity contribution in [3.05, 3.63) is 47.0 Å². The number of hydrogen-bond donors (Lipinski definition) is 2. The van der Waals surface area contributed by atoms with Crippen LogP contribution in [0.3, 0.4) is 0 Å². The fraction of sp³-hybridized carbons (Fsp3) is 0.565. The lowest BCUT2D eigenvalue weighted by Crippen LogP contribution is -2.34. The van der Waals surface area contributed by atoms with E-state index in [4.69, 9.17) is 0 Å². The highest BCUT2D eigenvalue weighted by molar-refractivity contribution is 5.99. The fourth-order valence-electron chi connectivity index (χ4n) is 4.06. The molecule has 1 fully saturated rings. The molecule has 4 heteroatoms. The number of amides is 2. The highest BCUT2D eigenvalue weighted by atomic mass is 16.2. The van der Waals surface area contributed by atoms with E-state index in [-0.39, 0.29) is 17.9 Å². The molecule has 1 aromatic carbocycles. The van der Waals surface area contributed by atoms with Crippen LogP contribution in [-0.2, 0) is 0 Å². The van der Waals surface area contributed by atoms with Crippen LogP contribution in [0.2, 0.25) is 0 Å². The Bertz CT molecular complexity index is 673. The molecular weight excluding hydrogens is 336 g/mol. The Kier molecular flexibility index (Phi) is 7.49. The molecule has 146 valence electrons. The third-order valence-electron chi connectivity index (χ3n) is 5.69. The van der Waals surface area contributed by atoms with Crippen molar-refractivity contribution < 1.29 is 9.59 Å². The van der Waals surface area contributed by atoms with E-state index >= 15 is 0 Å². The monoisotopic (exact) mass is 368 g/mol. The Labute approximate surface area is 162 Å². The Hall–Kier alpha value is -2.10. The first-order valence-corrected chi connectivity index (χ1v) is 10.6. The van der Waals surface area contributed by atoms with Crippen LogP contribution in [-0.4, -0.2) is 24.4 Å². The van der Waals surface area contributed by atoms with Gasteiger partial charge >= 0.3 is 0 Å². The van der Waals surface area contributed by atoms with Crippen LogP contribution < -0.4 is 10.6 Å². The number of carbonyl (C=O) groups excluding carboxylic acids is 2. The predicted octanol–water partition coefficient (Wildman–Crippen LogP) is 4.76. The zero-order chi connectivity index (χ0) is 18.9. The molecule has 1 saturated carbocycles. The van der Waals surface area contributed by atoms with Gasteiger partial charge in [-0.2, -0.15) is 0 Å². The number of rotatable bonds is 6. The fourth-order valence-corrected chi connectivity index (χ4v) is 4.06. The molecule has 0 bridgehead atoms. The van der Waals surface area contributed by atoms with Gasteiger partial charge in [0.15, 0.2) is 0 Å². The summed E-state index contributed by atoms with van der Waals surface area (Å²) in [6.45, 7) is 0.656. The standard InChI is InChI=1S/C23H32N2O2/c26-22(24-16-15-18-9-4-3-5-10-18)19-11-8-12-20(17-19)23(27)25-21-13-6-1-2-7-14-21/h8-9,11-12,17,21H,1-7,10,13-16H2,(H,24,26)(H,25,27). The number of carbonyl (C=O) groups is 2. The molecule has 0 radical (unpaired) electrons. The largest absolute Gasteiger partial charge is 0.352 e. The van der Waals surface area contributed by atoms with Crippen molar-refractivity contribution in [3.63, 3.8) is 0 Å². The second-order valence-corrected chi connectivity index (χ2v) is 7.86. The number of benzene rings is 1. The van der Waals surface area contributed by atoms with Crippen molar-refractivity contribution in [2.45, 2.75) is 76.7 Å². The van der Waals surface area contributed by atoms with E-state index in [1.165, 1.54) is 50.5 Å². The van der Waals surface area contributed by atoms with Crippen molar-refractivity contribution in [2.75, 3.05) is 6.54 Å². The lowest BCUT2D eigenvalue weighted by molar-refractivity contribution is 0.0933. The molecule has 0 spiro atoms. The Balaban J connectivity index is 1.51. The van der Waals surface area contributed by atoms with E-state index < -0.39 is 0 Å². The minimum Gasteiger partial charge on any atom is -0.352 e. The van der Waals surface area contributed by atoms with E-state index in [2.05, 4.69) is 16.7 Å². The summed E-state index contributed by atoms with van der Waals surface area (Å²) in [5, 5.41) is 6.14. The molecular formula is C23H32N2O2. The predicted molar refractivity (Wildman–Crippen MR) is 109 cm³/mol. The van der Waals surface area contributed by atoms with Crippen molar-refractivity contribution in [2.24, 2.45) is 0 Å². The van der Waals surface area contributed by atoms with E-state index in [9.17, 15) is 9.59 Å². The van der Waals surface area contributed by atoms with Gasteiger partial charge in [0.2, 0.25) is 0 Å². The molecule has 2 aliphatic carbocycles. The molecule has 2 amide bonds. The van der Waals surface area contributed by atoms with Gasteiger partial charge in [-0.3, -0.25) is 9.59 Å². The summed E-state index contributed by atoms with van der Waals surface area (Å²) in [7, 11) is 0. The third-order valence-corrected chi connectivity index (χ3v) is 5.69. The summed E-state index contributed by atoms with van der Waals surface area (Å²) in [5.74, 6) is -0.167. The van der Waals surface area contributed by atoms with Crippen LogP contribution in [0.1, 0.15) is 91.3 Å². The van der Waals surface area contributed by atoms with Gasteiger partial charge in [0.25, 0.3) is 11.8 Å². The van der Waals surface area contributed by atoms with Gasteiger partial charge in [-0.05, 0) is 63.1 Å². The Morgan fingerprint density at radius 1 is 0.926 bits per heavy atom. The number of hydrogen-bond acceptors (Lipinski definition) is 2. The van der Waals surface area contributed by atoms with Crippen molar-refractivity contribution in [1.82, 2.24) is 10.6 Å². The number of allylic oxidation sites excluding steroid dienone is 1. The first-order valence-electron chi connectivity index (χ1n) is 10.6. The highest BCUT2D eigenvalue weighted by Crippen LogP contribution is 2.20. The first kappa shape index (κ1) is 19.7. The summed E-state index contributed by atoms with van der Waals surface area (Å²) in [6.07, 6.45) is 15.1. The second-order valence-electron chi connectivity index (χ2n) is 7.86. The minimum absolute atomic E-state index is 0.0658. The molecule has 2 aliphatic rings. The van der Waals surface area contributed by atoms with Crippen molar-refractivity contribution in [1.29, 1.82) is 0 Å². The zero-order valence-corrected chi connectivity index (χ0v) is 16.3. The van der Waals surface area contributed by atoms with Gasteiger partial charge in [-0.1, -0.05) is 43.4 Å². The van der Waals surface area contributed by atoms with Crippen LogP contribution in [0, 0.1) is 0 Å². The van der Waals surface area contributed by atoms with Gasteiger partial charge < -0.3 is 10.6 Å². The molecule has 3 rings (SSSR count). The Morgan fingerprint density at radius 3 is 2.37 bits per heavy atom. The molecule has 0 atom stereocenters. The smallest absolute Gasteiger partial charge is 0.251 e. The summed E-state index contributed by atoms with van der Waals surface area (Å²) < 4.78 is 0. The van der Waals surface area contributed by atoms with E-state index in [0.29, 0.717) is 17.7 Å². The second kappa shape index (κ2) is 10.3. The molecule has 0 heterocycles. The normalized spacial score (nSPS) is 18.3. The SMILES string of the molecule is O=C(NCCC1=CCCCC1)c1cccc(C(=O)NC2CCCCCC2)c1. The molecule has 0 unspecified atom stereocenters. The molecule has 0 aliphatic heterocycles. The third kappa shape index (κ3) is 6.23. The summed E-state index contributed by atoms with van der Waals surface area (Å²) in [5.41, 5.74) is 2.58. The van der Waals surface area contributed by atoms with Gasteiger partial charge in [-0.25, -0.2) is 0 Å². The lowest BCUT2D eigenvalue weighted by atomic mass is 9.97. The van der Waals surface area contributed by atoms with E-state index in [1.54, 1.807) is 24.3 Å². The molecule has 1 aromatic rings. The van der Waals surface area contributed by atoms with E-state index in [0.717, 1.165) is 25.7 Å². The summed E-state index contributed by atoms with van der Waals surface area (Å²) in [4.78, 5) is 25.0. The van der Waals surface area contributed by atoms with E-state index in [1.807, 2.05) is 0 Å². The van der Waals surface area contributed by atoms with Crippen LogP contribution in [0.5, 0.6) is 0 Å². The molecule has 0 saturated heterocycles. The van der Waals surface area contributed by atoms with Crippen molar-refractivity contribution >= 4 is 11.8 Å². The minimum atomic E-state index is -0.101. The summed E-state index contributed by atoms with van der Waals surface area (Å²) in [6, 6.07) is 7.33. The quantitative estimate of drug-likeness (QED) is 0.562. The van der Waals surface area contributed by atoms with Crippen molar-refractivity contribution in [3.8, 4) is 0 Å². The average molecular weight is 369 g/mol. The zero-order valence-electron chi connectivity index (χ0n) is 16.3. The average Bonchev–Trinajstić information content (AvgIpc) is 2.97. The van der Waals surface area contributed by atoms with Crippen LogP contribution in [0.15, 0.2) is 35.9 Å². The van der Waals surface area contributed by atoms with Gasteiger partial charge in [-0.15, -0.1) is 0 Å². The topological polar surface area (TPSA) is 58.2 Å². The Morgan fingerprint density at radius 2 is 1.67 bits per heavy atom. The molecule has 4 nitrogen and oxygen atoms in total. The first-order chi connectivity index (χ1) is 13.2. The van der Waals surface area contributed by atoms with Crippen LogP contribution in [0.4, 0.5) is 0 Å². The highest BCUT2D eigenvalue weighted by Gasteiger charge is 2.17. The maximum Gasteiger partial charge on any atom is 0.251 e. The summed E-state index contributed by atoms with van der Waals surface area (Å²) >= 11 is 0. The van der Waals surface area contributed by atoms with Crippen LogP contribution in [0.25, 0.3) is 0 Å². The van der Waals surface area contributed by atoms with Gasteiger partial charge in [0.05, 0.1) is 0 Å². The molecule has 2 N–H and O–H groups in total. The van der Waals surface area contributed by atoms with Gasteiger partial charge in [0, 0.05) is 23.7 Å². The lowest BCUT2D eigenvalue weighted by Gasteiger charge is -2.16.